The second-order valence-electron chi connectivity index (χ2n) is 2.89. The molecule has 0 heterocycles. The summed E-state index contributed by atoms with van der Waals surface area (Å²) in [5.41, 5.74) is 2.01. The van der Waals surface area contributed by atoms with Gasteiger partial charge >= 0.3 is 5.97 Å². The van der Waals surface area contributed by atoms with E-state index in [1.807, 2.05) is 31.4 Å². The smallest absolute Gasteiger partial charge is 0.307 e. The normalized spacial score (nSPS) is 10.0. The Morgan fingerprint density at radius 3 is 2.77 bits per heavy atom. The summed E-state index contributed by atoms with van der Waals surface area (Å²) in [6.07, 6.45) is 2.06. The van der Waals surface area contributed by atoms with E-state index in [9.17, 15) is 4.79 Å². The lowest BCUT2D eigenvalue weighted by atomic mass is 10.1. The van der Waals surface area contributed by atoms with E-state index in [4.69, 9.17) is 5.11 Å². The van der Waals surface area contributed by atoms with Crippen LogP contribution in [0.5, 0.6) is 0 Å². The molecule has 0 saturated carbocycles. The van der Waals surface area contributed by atoms with Crippen LogP contribution in [0, 0.1) is 6.92 Å². The Bertz CT molecular complexity index is 321. The summed E-state index contributed by atoms with van der Waals surface area (Å²) in [5, 5.41) is 8.67. The van der Waals surface area contributed by atoms with Gasteiger partial charge in [0.1, 0.15) is 0 Å². The first-order valence-corrected chi connectivity index (χ1v) is 5.21. The van der Waals surface area contributed by atoms with Gasteiger partial charge in [-0.15, -0.1) is 11.8 Å². The first-order valence-electron chi connectivity index (χ1n) is 3.99. The van der Waals surface area contributed by atoms with Gasteiger partial charge in [-0.3, -0.25) is 4.79 Å². The van der Waals surface area contributed by atoms with Crippen molar-refractivity contribution in [2.45, 2.75) is 18.2 Å². The Balaban J connectivity index is 3.01. The highest BCUT2D eigenvalue weighted by molar-refractivity contribution is 7.98. The molecule has 0 aliphatic carbocycles. The van der Waals surface area contributed by atoms with Crippen LogP contribution in [-0.2, 0) is 11.2 Å². The van der Waals surface area contributed by atoms with E-state index in [1.165, 1.54) is 0 Å². The van der Waals surface area contributed by atoms with Crippen LogP contribution < -0.4 is 0 Å². The van der Waals surface area contributed by atoms with E-state index in [0.29, 0.717) is 0 Å². The van der Waals surface area contributed by atoms with Gasteiger partial charge in [-0.2, -0.15) is 0 Å². The van der Waals surface area contributed by atoms with Gasteiger partial charge in [0.15, 0.2) is 0 Å². The zero-order valence-electron chi connectivity index (χ0n) is 7.70. The van der Waals surface area contributed by atoms with E-state index in [1.54, 1.807) is 11.8 Å². The number of hydrogen-bond donors (Lipinski definition) is 1. The Labute approximate surface area is 82.0 Å². The van der Waals surface area contributed by atoms with Crippen molar-refractivity contribution in [2.75, 3.05) is 6.26 Å². The van der Waals surface area contributed by atoms with Crippen molar-refractivity contribution in [3.63, 3.8) is 0 Å². The Morgan fingerprint density at radius 1 is 1.54 bits per heavy atom. The first kappa shape index (κ1) is 10.1. The molecule has 3 heteroatoms. The molecule has 70 valence electrons. The minimum Gasteiger partial charge on any atom is -0.481 e. The van der Waals surface area contributed by atoms with Gasteiger partial charge in [0.2, 0.25) is 0 Å². The fourth-order valence-corrected chi connectivity index (χ4v) is 1.81. The zero-order valence-corrected chi connectivity index (χ0v) is 8.52. The molecule has 0 aromatic heterocycles. The molecule has 1 aromatic rings. The molecule has 0 aliphatic heterocycles. The van der Waals surface area contributed by atoms with E-state index in [0.717, 1.165) is 16.0 Å². The third-order valence-electron chi connectivity index (χ3n) is 1.78. The maximum absolute atomic E-state index is 10.5. The van der Waals surface area contributed by atoms with E-state index >= 15 is 0 Å². The molecule has 0 fully saturated rings. The number of aliphatic carboxylic acids is 1. The molecule has 0 amide bonds. The predicted molar refractivity (Wildman–Crippen MR) is 54.3 cm³/mol. The van der Waals surface area contributed by atoms with Crippen molar-refractivity contribution >= 4 is 17.7 Å². The highest BCUT2D eigenvalue weighted by Crippen LogP contribution is 2.21. The Kier molecular flexibility index (Phi) is 3.37. The second kappa shape index (κ2) is 4.33. The molecule has 0 bridgehead atoms. The van der Waals surface area contributed by atoms with Crippen molar-refractivity contribution in [1.29, 1.82) is 0 Å². The highest BCUT2D eigenvalue weighted by Gasteiger charge is 2.05. The molecule has 13 heavy (non-hydrogen) atoms. The third-order valence-corrected chi connectivity index (χ3v) is 2.62. The topological polar surface area (TPSA) is 37.3 Å². The molecule has 0 radical (unpaired) electrons. The van der Waals surface area contributed by atoms with E-state index in [2.05, 4.69) is 0 Å². The number of carboxylic acid groups (broad SMARTS) is 1. The predicted octanol–water partition coefficient (Wildman–Crippen LogP) is 2.34. The summed E-state index contributed by atoms with van der Waals surface area (Å²) in [7, 11) is 0. The van der Waals surface area contributed by atoms with Gasteiger partial charge in [-0.05, 0) is 24.8 Å². The molecule has 0 atom stereocenters. The number of thioether (sulfide) groups is 1. The summed E-state index contributed by atoms with van der Waals surface area (Å²) < 4.78 is 0. The molecule has 1 N–H and O–H groups in total. The van der Waals surface area contributed by atoms with E-state index < -0.39 is 5.97 Å². The average Bonchev–Trinajstić information content (AvgIpc) is 2.03. The number of carbonyl (C=O) groups is 1. The van der Waals surface area contributed by atoms with Crippen molar-refractivity contribution in [3.8, 4) is 0 Å². The molecule has 0 unspecified atom stereocenters. The fraction of sp³-hybridized carbons (Fsp3) is 0.300. The number of carboxylic acids is 1. The number of aryl methyl sites for hydroxylation is 1. The monoisotopic (exact) mass is 196 g/mol. The quantitative estimate of drug-likeness (QED) is 0.754. The van der Waals surface area contributed by atoms with Crippen molar-refractivity contribution < 1.29 is 9.90 Å². The van der Waals surface area contributed by atoms with Crippen molar-refractivity contribution in [3.05, 3.63) is 29.3 Å². The molecular weight excluding hydrogens is 184 g/mol. The molecule has 0 saturated heterocycles. The Morgan fingerprint density at radius 2 is 2.23 bits per heavy atom. The summed E-state index contributed by atoms with van der Waals surface area (Å²) in [5.74, 6) is -0.777. The van der Waals surface area contributed by atoms with Crippen LogP contribution in [0.4, 0.5) is 0 Å². The van der Waals surface area contributed by atoms with Crippen molar-refractivity contribution in [2.24, 2.45) is 0 Å². The maximum Gasteiger partial charge on any atom is 0.307 e. The van der Waals surface area contributed by atoms with Gasteiger partial charge in [-0.1, -0.05) is 17.7 Å². The van der Waals surface area contributed by atoms with E-state index in [-0.39, 0.29) is 6.42 Å². The molecule has 1 aromatic carbocycles. The zero-order chi connectivity index (χ0) is 9.84. The first-order chi connectivity index (χ1) is 6.13. The lowest BCUT2D eigenvalue weighted by molar-refractivity contribution is -0.136. The van der Waals surface area contributed by atoms with Crippen LogP contribution in [0.15, 0.2) is 23.1 Å². The van der Waals surface area contributed by atoms with Gasteiger partial charge in [0.05, 0.1) is 6.42 Å². The van der Waals surface area contributed by atoms with Gasteiger partial charge in [0.25, 0.3) is 0 Å². The summed E-state index contributed by atoms with van der Waals surface area (Å²) in [4.78, 5) is 11.6. The van der Waals surface area contributed by atoms with Crippen LogP contribution in [0.1, 0.15) is 11.1 Å². The summed E-state index contributed by atoms with van der Waals surface area (Å²) >= 11 is 1.58. The molecule has 1 rings (SSSR count). The van der Waals surface area contributed by atoms with Crippen LogP contribution >= 0.6 is 11.8 Å². The number of rotatable bonds is 3. The standard InChI is InChI=1S/C10H12O2S/c1-7-3-4-9(13-2)8(5-7)6-10(11)12/h3-5H,6H2,1-2H3,(H,11,12). The third kappa shape index (κ3) is 2.77. The van der Waals surface area contributed by atoms with Crippen LogP contribution in [0.3, 0.4) is 0 Å². The second-order valence-corrected chi connectivity index (χ2v) is 3.73. The molecule has 2 nitrogen and oxygen atoms in total. The lowest BCUT2D eigenvalue weighted by Crippen LogP contribution is -2.01. The van der Waals surface area contributed by atoms with Gasteiger partial charge < -0.3 is 5.11 Å². The number of benzene rings is 1. The van der Waals surface area contributed by atoms with Crippen LogP contribution in [-0.4, -0.2) is 17.3 Å². The summed E-state index contributed by atoms with van der Waals surface area (Å²) in [6, 6.07) is 5.90. The van der Waals surface area contributed by atoms with Crippen LogP contribution in [0.2, 0.25) is 0 Å². The van der Waals surface area contributed by atoms with Gasteiger partial charge in [0, 0.05) is 4.90 Å². The fourth-order valence-electron chi connectivity index (χ4n) is 1.21. The Hall–Kier alpha value is -0.960. The average molecular weight is 196 g/mol. The molecular formula is C10H12O2S. The van der Waals surface area contributed by atoms with Crippen LogP contribution in [0.25, 0.3) is 0 Å². The highest BCUT2D eigenvalue weighted by atomic mass is 32.2. The maximum atomic E-state index is 10.5. The SMILES string of the molecule is CSc1ccc(C)cc1CC(=O)O. The largest absolute Gasteiger partial charge is 0.481 e. The number of hydrogen-bond acceptors (Lipinski definition) is 2. The molecule has 0 aliphatic rings. The van der Waals surface area contributed by atoms with Crippen molar-refractivity contribution in [1.82, 2.24) is 0 Å². The van der Waals surface area contributed by atoms with Gasteiger partial charge in [-0.25, -0.2) is 0 Å². The minimum atomic E-state index is -0.777. The molecule has 0 spiro atoms. The minimum absolute atomic E-state index is 0.109. The lowest BCUT2D eigenvalue weighted by Gasteiger charge is -2.05. The summed E-state index contributed by atoms with van der Waals surface area (Å²) in [6.45, 7) is 1.97.